The zero-order valence-corrected chi connectivity index (χ0v) is 12.1. The lowest BCUT2D eigenvalue weighted by atomic mass is 10.1. The summed E-state index contributed by atoms with van der Waals surface area (Å²) in [5.74, 6) is -0.735. The summed E-state index contributed by atoms with van der Waals surface area (Å²) in [7, 11) is 0. The SMILES string of the molecule is CCC[C@H](N)C(=O)Nc1cc(Cl)c(OC(F)F)c(Cl)c1. The lowest BCUT2D eigenvalue weighted by Crippen LogP contribution is -2.35. The predicted octanol–water partition coefficient (Wildman–Crippen LogP) is 3.66. The normalized spacial score (nSPS) is 12.3. The molecule has 0 heterocycles. The minimum Gasteiger partial charge on any atom is -0.432 e. The summed E-state index contributed by atoms with van der Waals surface area (Å²) in [6, 6.07) is 1.87. The van der Waals surface area contributed by atoms with Crippen LogP contribution in [0, 0.1) is 0 Å². The zero-order chi connectivity index (χ0) is 15.3. The molecule has 0 bridgehead atoms. The summed E-state index contributed by atoms with van der Waals surface area (Å²) >= 11 is 11.6. The van der Waals surface area contributed by atoms with E-state index in [-0.39, 0.29) is 21.5 Å². The quantitative estimate of drug-likeness (QED) is 0.838. The Morgan fingerprint density at radius 1 is 1.40 bits per heavy atom. The maximum absolute atomic E-state index is 12.2. The topological polar surface area (TPSA) is 64.4 Å². The molecule has 4 nitrogen and oxygen atoms in total. The molecule has 1 amide bonds. The van der Waals surface area contributed by atoms with Crippen LogP contribution in [0.3, 0.4) is 0 Å². The van der Waals surface area contributed by atoms with Gasteiger partial charge in [0.1, 0.15) is 0 Å². The van der Waals surface area contributed by atoms with Crippen molar-refractivity contribution in [3.63, 3.8) is 0 Å². The molecule has 3 N–H and O–H groups in total. The monoisotopic (exact) mass is 326 g/mol. The highest BCUT2D eigenvalue weighted by Crippen LogP contribution is 2.36. The molecule has 0 aliphatic carbocycles. The fourth-order valence-electron chi connectivity index (χ4n) is 1.51. The van der Waals surface area contributed by atoms with Crippen LogP contribution < -0.4 is 15.8 Å². The predicted molar refractivity (Wildman–Crippen MR) is 74.6 cm³/mol. The molecule has 1 aromatic rings. The number of nitrogens with two attached hydrogens (primary N) is 1. The van der Waals surface area contributed by atoms with Crippen molar-refractivity contribution in [1.29, 1.82) is 0 Å². The van der Waals surface area contributed by atoms with E-state index in [1.54, 1.807) is 0 Å². The number of alkyl halides is 2. The third-order valence-electron chi connectivity index (χ3n) is 2.41. The van der Waals surface area contributed by atoms with Crippen LogP contribution in [0.25, 0.3) is 0 Å². The van der Waals surface area contributed by atoms with Crippen molar-refractivity contribution in [1.82, 2.24) is 0 Å². The molecule has 0 aliphatic rings. The highest BCUT2D eigenvalue weighted by atomic mass is 35.5. The number of rotatable bonds is 6. The van der Waals surface area contributed by atoms with Crippen LogP contribution in [0.5, 0.6) is 5.75 Å². The van der Waals surface area contributed by atoms with E-state index in [2.05, 4.69) is 10.1 Å². The molecular formula is C12H14Cl2F2N2O2. The van der Waals surface area contributed by atoms with E-state index < -0.39 is 18.6 Å². The minimum atomic E-state index is -3.04. The summed E-state index contributed by atoms with van der Waals surface area (Å²) in [5, 5.41) is 2.26. The molecule has 0 aromatic heterocycles. The van der Waals surface area contributed by atoms with Gasteiger partial charge in [0, 0.05) is 5.69 Å². The number of benzene rings is 1. The molecule has 0 aliphatic heterocycles. The van der Waals surface area contributed by atoms with Gasteiger partial charge in [0.15, 0.2) is 5.75 Å². The van der Waals surface area contributed by atoms with Crippen LogP contribution in [0.15, 0.2) is 12.1 Å². The molecule has 0 saturated heterocycles. The van der Waals surface area contributed by atoms with Gasteiger partial charge in [0.05, 0.1) is 16.1 Å². The van der Waals surface area contributed by atoms with E-state index in [1.807, 2.05) is 6.92 Å². The lowest BCUT2D eigenvalue weighted by molar-refractivity contribution is -0.117. The number of anilines is 1. The first-order valence-corrected chi connectivity index (χ1v) is 6.61. The number of amides is 1. The van der Waals surface area contributed by atoms with Crippen molar-refractivity contribution in [3.8, 4) is 5.75 Å². The molecular weight excluding hydrogens is 313 g/mol. The average molecular weight is 327 g/mol. The molecule has 1 atom stereocenters. The summed E-state index contributed by atoms with van der Waals surface area (Å²) in [4.78, 5) is 11.7. The van der Waals surface area contributed by atoms with Crippen LogP contribution in [-0.4, -0.2) is 18.6 Å². The Balaban J connectivity index is 2.86. The smallest absolute Gasteiger partial charge is 0.387 e. The van der Waals surface area contributed by atoms with Crippen LogP contribution in [0.1, 0.15) is 19.8 Å². The van der Waals surface area contributed by atoms with Crippen molar-refractivity contribution in [2.45, 2.75) is 32.4 Å². The average Bonchev–Trinajstić information content (AvgIpc) is 2.34. The Labute approximate surface area is 125 Å². The Kier molecular flexibility index (Phi) is 6.45. The second-order valence-corrected chi connectivity index (χ2v) is 4.85. The van der Waals surface area contributed by atoms with Crippen molar-refractivity contribution in [2.24, 2.45) is 5.73 Å². The summed E-state index contributed by atoms with van der Waals surface area (Å²) in [6.45, 7) is -1.14. The van der Waals surface area contributed by atoms with Crippen molar-refractivity contribution < 1.29 is 18.3 Å². The van der Waals surface area contributed by atoms with Crippen molar-refractivity contribution >= 4 is 34.8 Å². The van der Waals surface area contributed by atoms with E-state index in [1.165, 1.54) is 12.1 Å². The van der Waals surface area contributed by atoms with E-state index >= 15 is 0 Å². The minimum absolute atomic E-state index is 0.128. The fraction of sp³-hybridized carbons (Fsp3) is 0.417. The number of ether oxygens (including phenoxy) is 1. The van der Waals surface area contributed by atoms with Gasteiger partial charge in [-0.25, -0.2) is 0 Å². The Morgan fingerprint density at radius 2 is 1.95 bits per heavy atom. The number of carbonyl (C=O) groups is 1. The maximum Gasteiger partial charge on any atom is 0.387 e. The first kappa shape index (κ1) is 16.9. The standard InChI is InChI=1S/C12H14Cl2F2N2O2/c1-2-3-9(17)11(19)18-6-4-7(13)10(8(14)5-6)20-12(15)16/h4-5,9,12H,2-3,17H2,1H3,(H,18,19)/t9-/m0/s1. The van der Waals surface area contributed by atoms with Gasteiger partial charge in [-0.1, -0.05) is 36.5 Å². The molecule has 112 valence electrons. The number of nitrogens with one attached hydrogen (secondary N) is 1. The van der Waals surface area contributed by atoms with Crippen LogP contribution in [0.4, 0.5) is 14.5 Å². The van der Waals surface area contributed by atoms with Gasteiger partial charge in [-0.3, -0.25) is 4.79 Å². The zero-order valence-electron chi connectivity index (χ0n) is 10.6. The Morgan fingerprint density at radius 3 is 2.40 bits per heavy atom. The number of hydrogen-bond acceptors (Lipinski definition) is 3. The van der Waals surface area contributed by atoms with E-state index in [4.69, 9.17) is 28.9 Å². The molecule has 0 fully saturated rings. The molecule has 0 spiro atoms. The second kappa shape index (κ2) is 7.61. The summed E-state index contributed by atoms with van der Waals surface area (Å²) in [5.41, 5.74) is 5.91. The second-order valence-electron chi connectivity index (χ2n) is 4.03. The Bertz CT molecular complexity index is 464. The van der Waals surface area contributed by atoms with Crippen molar-refractivity contribution in [2.75, 3.05) is 5.32 Å². The molecule has 8 heteroatoms. The van der Waals surface area contributed by atoms with E-state index in [9.17, 15) is 13.6 Å². The van der Waals surface area contributed by atoms with Gasteiger partial charge in [-0.15, -0.1) is 0 Å². The highest BCUT2D eigenvalue weighted by molar-refractivity contribution is 6.37. The van der Waals surface area contributed by atoms with Crippen molar-refractivity contribution in [3.05, 3.63) is 22.2 Å². The summed E-state index contributed by atoms with van der Waals surface area (Å²) in [6.07, 6.45) is 1.29. The lowest BCUT2D eigenvalue weighted by Gasteiger charge is -2.14. The van der Waals surface area contributed by atoms with Crippen LogP contribution in [-0.2, 0) is 4.79 Å². The van der Waals surface area contributed by atoms with Crippen LogP contribution in [0.2, 0.25) is 10.0 Å². The Hall–Kier alpha value is -1.11. The van der Waals surface area contributed by atoms with E-state index in [0.29, 0.717) is 6.42 Å². The largest absolute Gasteiger partial charge is 0.432 e. The van der Waals surface area contributed by atoms with Gasteiger partial charge < -0.3 is 15.8 Å². The fourth-order valence-corrected chi connectivity index (χ4v) is 2.09. The third-order valence-corrected chi connectivity index (χ3v) is 2.97. The van der Waals surface area contributed by atoms with E-state index in [0.717, 1.165) is 6.42 Å². The highest BCUT2D eigenvalue weighted by Gasteiger charge is 2.17. The first-order valence-electron chi connectivity index (χ1n) is 5.85. The molecule has 1 rings (SSSR count). The molecule has 1 aromatic carbocycles. The maximum atomic E-state index is 12.2. The summed E-state index contributed by atoms with van der Waals surface area (Å²) < 4.78 is 28.5. The molecule has 0 unspecified atom stereocenters. The van der Waals surface area contributed by atoms with Gasteiger partial charge in [0.2, 0.25) is 5.91 Å². The molecule has 0 saturated carbocycles. The van der Waals surface area contributed by atoms with Gasteiger partial charge >= 0.3 is 6.61 Å². The van der Waals surface area contributed by atoms with Crippen LogP contribution >= 0.6 is 23.2 Å². The van der Waals surface area contributed by atoms with Gasteiger partial charge in [-0.05, 0) is 18.6 Å². The number of hydrogen-bond donors (Lipinski definition) is 2. The molecule has 20 heavy (non-hydrogen) atoms. The third kappa shape index (κ3) is 4.77. The van der Waals surface area contributed by atoms with Gasteiger partial charge in [-0.2, -0.15) is 8.78 Å². The number of halogens is 4. The van der Waals surface area contributed by atoms with Gasteiger partial charge in [0.25, 0.3) is 0 Å². The first-order chi connectivity index (χ1) is 9.35. The number of carbonyl (C=O) groups excluding carboxylic acids is 1. The molecule has 0 radical (unpaired) electrons.